The Bertz CT molecular complexity index is 844. The van der Waals surface area contributed by atoms with Crippen molar-refractivity contribution in [2.45, 2.75) is 25.8 Å². The Morgan fingerprint density at radius 3 is 2.50 bits per heavy atom. The van der Waals surface area contributed by atoms with E-state index in [0.717, 1.165) is 6.42 Å². The number of amides is 2. The third kappa shape index (κ3) is 4.76. The zero-order valence-electron chi connectivity index (χ0n) is 14.3. The Kier molecular flexibility index (Phi) is 5.75. The minimum atomic E-state index is -0.464. The van der Waals surface area contributed by atoms with Crippen LogP contribution in [0.3, 0.4) is 0 Å². The van der Waals surface area contributed by atoms with Gasteiger partial charge in [-0.25, -0.2) is 9.67 Å². The van der Waals surface area contributed by atoms with Gasteiger partial charge in [0.05, 0.1) is 0 Å². The molecule has 0 aliphatic rings. The van der Waals surface area contributed by atoms with Gasteiger partial charge in [-0.3, -0.25) is 9.59 Å². The number of hydrogen-bond acceptors (Lipinski definition) is 5. The standard InChI is InChI=1S/C18H19N5O2S/c1-13(23-12-19-11-20-23)18(25)22-15-6-4-14(5-7-15)21-17(24)9-8-16-3-2-10-26-16/h2-7,10-13H,8-9H2,1H3,(H,21,24)(H,22,25). The fourth-order valence-electron chi connectivity index (χ4n) is 2.34. The number of thiophene rings is 1. The predicted octanol–water partition coefficient (Wildman–Crippen LogP) is 3.11. The fourth-order valence-corrected chi connectivity index (χ4v) is 3.05. The first kappa shape index (κ1) is 17.8. The summed E-state index contributed by atoms with van der Waals surface area (Å²) < 4.78 is 1.48. The van der Waals surface area contributed by atoms with Crippen LogP contribution >= 0.6 is 11.3 Å². The van der Waals surface area contributed by atoms with Crippen LogP contribution in [0.2, 0.25) is 0 Å². The van der Waals surface area contributed by atoms with Crippen LogP contribution in [-0.2, 0) is 16.0 Å². The summed E-state index contributed by atoms with van der Waals surface area (Å²) in [5.41, 5.74) is 1.35. The molecule has 0 saturated heterocycles. The van der Waals surface area contributed by atoms with Gasteiger partial charge in [-0.05, 0) is 49.1 Å². The SMILES string of the molecule is CC(C(=O)Nc1ccc(NC(=O)CCc2cccs2)cc1)n1cncn1. The van der Waals surface area contributed by atoms with E-state index in [1.165, 1.54) is 22.2 Å². The van der Waals surface area contributed by atoms with Crippen LogP contribution in [0.15, 0.2) is 54.4 Å². The maximum absolute atomic E-state index is 12.2. The van der Waals surface area contributed by atoms with Crippen LogP contribution in [0.25, 0.3) is 0 Å². The molecule has 134 valence electrons. The smallest absolute Gasteiger partial charge is 0.249 e. The van der Waals surface area contributed by atoms with Crippen molar-refractivity contribution < 1.29 is 9.59 Å². The van der Waals surface area contributed by atoms with Crippen LogP contribution in [0, 0.1) is 0 Å². The molecule has 3 aromatic rings. The molecule has 1 aromatic carbocycles. The quantitative estimate of drug-likeness (QED) is 0.670. The number of aryl methyl sites for hydroxylation is 1. The molecular formula is C18H19N5O2S. The first-order valence-electron chi connectivity index (χ1n) is 8.19. The molecule has 0 aliphatic carbocycles. The zero-order chi connectivity index (χ0) is 18.4. The molecule has 2 amide bonds. The van der Waals surface area contributed by atoms with E-state index in [2.05, 4.69) is 20.7 Å². The van der Waals surface area contributed by atoms with Crippen LogP contribution < -0.4 is 10.6 Å². The summed E-state index contributed by atoms with van der Waals surface area (Å²) in [6.45, 7) is 1.74. The van der Waals surface area contributed by atoms with Gasteiger partial charge in [-0.2, -0.15) is 5.10 Å². The average molecular weight is 369 g/mol. The molecule has 0 bridgehead atoms. The monoisotopic (exact) mass is 369 g/mol. The van der Waals surface area contributed by atoms with Crippen molar-refractivity contribution in [1.29, 1.82) is 0 Å². The van der Waals surface area contributed by atoms with Crippen LogP contribution in [0.5, 0.6) is 0 Å². The van der Waals surface area contributed by atoms with Gasteiger partial charge < -0.3 is 10.6 Å². The summed E-state index contributed by atoms with van der Waals surface area (Å²) in [7, 11) is 0. The summed E-state index contributed by atoms with van der Waals surface area (Å²) in [6, 6.07) is 10.6. The lowest BCUT2D eigenvalue weighted by atomic mass is 10.2. The number of carbonyl (C=O) groups is 2. The third-order valence-corrected chi connectivity index (χ3v) is 4.76. The van der Waals surface area contributed by atoms with E-state index >= 15 is 0 Å². The Labute approximate surface area is 155 Å². The highest BCUT2D eigenvalue weighted by Crippen LogP contribution is 2.16. The Hall–Kier alpha value is -3.00. The molecular weight excluding hydrogens is 350 g/mol. The van der Waals surface area contributed by atoms with Crippen molar-refractivity contribution in [1.82, 2.24) is 14.8 Å². The predicted molar refractivity (Wildman–Crippen MR) is 101 cm³/mol. The lowest BCUT2D eigenvalue weighted by Crippen LogP contribution is -2.24. The molecule has 3 rings (SSSR count). The minimum absolute atomic E-state index is 0.0324. The molecule has 7 nitrogen and oxygen atoms in total. The van der Waals surface area contributed by atoms with Gasteiger partial charge in [-0.15, -0.1) is 11.3 Å². The maximum atomic E-state index is 12.2. The van der Waals surface area contributed by atoms with Gasteiger partial charge in [0.1, 0.15) is 18.7 Å². The lowest BCUT2D eigenvalue weighted by Gasteiger charge is -2.12. The van der Waals surface area contributed by atoms with E-state index in [9.17, 15) is 9.59 Å². The number of rotatable bonds is 7. The molecule has 0 saturated carbocycles. The zero-order valence-corrected chi connectivity index (χ0v) is 15.1. The molecule has 2 N–H and O–H groups in total. The van der Waals surface area contributed by atoms with Gasteiger partial charge in [0.25, 0.3) is 0 Å². The van der Waals surface area contributed by atoms with E-state index in [1.54, 1.807) is 42.5 Å². The van der Waals surface area contributed by atoms with Crippen molar-refractivity contribution in [3.63, 3.8) is 0 Å². The lowest BCUT2D eigenvalue weighted by molar-refractivity contribution is -0.119. The van der Waals surface area contributed by atoms with Crippen molar-refractivity contribution in [2.24, 2.45) is 0 Å². The Morgan fingerprint density at radius 2 is 1.88 bits per heavy atom. The van der Waals surface area contributed by atoms with E-state index in [1.807, 2.05) is 17.5 Å². The second-order valence-corrected chi connectivity index (χ2v) is 6.78. The van der Waals surface area contributed by atoms with E-state index in [0.29, 0.717) is 17.8 Å². The minimum Gasteiger partial charge on any atom is -0.326 e. The van der Waals surface area contributed by atoms with Crippen molar-refractivity contribution >= 4 is 34.5 Å². The second kappa shape index (κ2) is 8.39. The second-order valence-electron chi connectivity index (χ2n) is 5.75. The first-order valence-corrected chi connectivity index (χ1v) is 9.07. The Balaban J connectivity index is 1.50. The third-order valence-electron chi connectivity index (χ3n) is 3.83. The van der Waals surface area contributed by atoms with Crippen molar-refractivity contribution in [3.05, 3.63) is 59.3 Å². The van der Waals surface area contributed by atoms with Gasteiger partial charge in [0, 0.05) is 22.7 Å². The first-order chi connectivity index (χ1) is 12.6. The van der Waals surface area contributed by atoms with Crippen molar-refractivity contribution in [2.75, 3.05) is 10.6 Å². The van der Waals surface area contributed by atoms with Crippen LogP contribution in [0.4, 0.5) is 11.4 Å². The molecule has 0 aliphatic heterocycles. The number of nitrogens with zero attached hydrogens (tertiary/aromatic N) is 3. The summed E-state index contributed by atoms with van der Waals surface area (Å²) in [4.78, 5) is 29.2. The molecule has 8 heteroatoms. The summed E-state index contributed by atoms with van der Waals surface area (Å²) >= 11 is 1.65. The molecule has 1 atom stereocenters. The fraction of sp³-hybridized carbons (Fsp3) is 0.222. The number of benzene rings is 1. The number of aromatic nitrogens is 3. The highest BCUT2D eigenvalue weighted by atomic mass is 32.1. The van der Waals surface area contributed by atoms with Crippen LogP contribution in [-0.4, -0.2) is 26.6 Å². The highest BCUT2D eigenvalue weighted by molar-refractivity contribution is 7.09. The van der Waals surface area contributed by atoms with E-state index < -0.39 is 6.04 Å². The molecule has 0 radical (unpaired) electrons. The molecule has 1 unspecified atom stereocenters. The van der Waals surface area contributed by atoms with E-state index in [4.69, 9.17) is 0 Å². The Morgan fingerprint density at radius 1 is 1.15 bits per heavy atom. The molecule has 26 heavy (non-hydrogen) atoms. The summed E-state index contributed by atoms with van der Waals surface area (Å²) in [5.74, 6) is -0.224. The van der Waals surface area contributed by atoms with Crippen LogP contribution in [0.1, 0.15) is 24.3 Å². The summed E-state index contributed by atoms with van der Waals surface area (Å²) in [6.07, 6.45) is 4.06. The molecule has 2 heterocycles. The van der Waals surface area contributed by atoms with Gasteiger partial charge in [0.15, 0.2) is 0 Å². The molecule has 0 fully saturated rings. The van der Waals surface area contributed by atoms with Gasteiger partial charge in [-0.1, -0.05) is 6.07 Å². The highest BCUT2D eigenvalue weighted by Gasteiger charge is 2.15. The topological polar surface area (TPSA) is 88.9 Å². The average Bonchev–Trinajstić information content (AvgIpc) is 3.35. The summed E-state index contributed by atoms with van der Waals surface area (Å²) in [5, 5.41) is 11.6. The normalized spacial score (nSPS) is 11.7. The number of nitrogens with one attached hydrogen (secondary N) is 2. The number of carbonyl (C=O) groups excluding carboxylic acids is 2. The van der Waals surface area contributed by atoms with Crippen molar-refractivity contribution in [3.8, 4) is 0 Å². The maximum Gasteiger partial charge on any atom is 0.249 e. The van der Waals surface area contributed by atoms with Gasteiger partial charge >= 0.3 is 0 Å². The molecule has 2 aromatic heterocycles. The number of anilines is 2. The number of hydrogen-bond donors (Lipinski definition) is 2. The largest absolute Gasteiger partial charge is 0.326 e. The van der Waals surface area contributed by atoms with E-state index in [-0.39, 0.29) is 11.8 Å². The molecule has 0 spiro atoms. The van der Waals surface area contributed by atoms with Gasteiger partial charge in [0.2, 0.25) is 11.8 Å².